The molecular weight excluding hydrogens is 584 g/mol. The van der Waals surface area contributed by atoms with Gasteiger partial charge in [0.05, 0.1) is 24.0 Å². The molecule has 1 N–H and O–H groups in total. The minimum absolute atomic E-state index is 0.00300. The molecule has 0 aliphatic carbocycles. The lowest BCUT2D eigenvalue weighted by Crippen LogP contribution is -2.51. The summed E-state index contributed by atoms with van der Waals surface area (Å²) in [7, 11) is 1.48. The molecule has 230 valence electrons. The highest BCUT2D eigenvalue weighted by molar-refractivity contribution is 6.31. The standard InChI is InChI=1S/C29H34ClF2N7O4/c1-7-38(24(40)16-37(6)28(41)43-29(3,4)5)23-15-39(36-25(23)19-11-12-22(30)18(2)13-19)27(34-17-33)35-20-9-8-10-21(14-20)42-26(31)32/h8-14,23,26H,7,15-16H2,1-6H3,(H,34,35). The van der Waals surface area contributed by atoms with E-state index in [0.717, 1.165) is 5.56 Å². The Balaban J connectivity index is 1.99. The van der Waals surface area contributed by atoms with Gasteiger partial charge in [-0.3, -0.25) is 10.1 Å². The van der Waals surface area contributed by atoms with Crippen LogP contribution in [0.2, 0.25) is 5.02 Å². The first-order valence-corrected chi connectivity index (χ1v) is 13.7. The van der Waals surface area contributed by atoms with Crippen LogP contribution in [0, 0.1) is 18.4 Å². The summed E-state index contributed by atoms with van der Waals surface area (Å²) in [6.07, 6.45) is 1.18. The fourth-order valence-corrected chi connectivity index (χ4v) is 4.36. The number of alkyl halides is 2. The highest BCUT2D eigenvalue weighted by Gasteiger charge is 2.37. The summed E-state index contributed by atoms with van der Waals surface area (Å²) in [5.74, 6) is -0.467. The second kappa shape index (κ2) is 14.2. The summed E-state index contributed by atoms with van der Waals surface area (Å²) >= 11 is 6.27. The van der Waals surface area contributed by atoms with Gasteiger partial charge in [0, 0.05) is 30.2 Å². The molecule has 0 saturated carbocycles. The predicted molar refractivity (Wildman–Crippen MR) is 158 cm³/mol. The highest BCUT2D eigenvalue weighted by atomic mass is 35.5. The molecule has 1 unspecified atom stereocenters. The van der Waals surface area contributed by atoms with Crippen LogP contribution < -0.4 is 10.1 Å². The molecule has 0 radical (unpaired) electrons. The van der Waals surface area contributed by atoms with Gasteiger partial charge in [0.25, 0.3) is 0 Å². The molecule has 1 aliphatic heterocycles. The second-order valence-electron chi connectivity index (χ2n) is 10.6. The molecule has 0 spiro atoms. The van der Waals surface area contributed by atoms with Gasteiger partial charge in [-0.15, -0.1) is 0 Å². The van der Waals surface area contributed by atoms with Gasteiger partial charge in [0.2, 0.25) is 11.9 Å². The molecule has 2 aromatic carbocycles. The van der Waals surface area contributed by atoms with E-state index in [2.05, 4.69) is 15.0 Å². The molecule has 0 aromatic heterocycles. The highest BCUT2D eigenvalue weighted by Crippen LogP contribution is 2.26. The van der Waals surface area contributed by atoms with Gasteiger partial charge >= 0.3 is 12.7 Å². The zero-order valence-electron chi connectivity index (χ0n) is 24.8. The van der Waals surface area contributed by atoms with E-state index in [1.165, 1.54) is 35.2 Å². The average Bonchev–Trinajstić information content (AvgIpc) is 3.34. The summed E-state index contributed by atoms with van der Waals surface area (Å²) in [6.45, 7) is 5.95. The Morgan fingerprint density at radius 3 is 2.60 bits per heavy atom. The van der Waals surface area contributed by atoms with Crippen molar-refractivity contribution >= 4 is 41.0 Å². The molecule has 0 bridgehead atoms. The van der Waals surface area contributed by atoms with E-state index in [0.29, 0.717) is 16.3 Å². The lowest BCUT2D eigenvalue weighted by Gasteiger charge is -2.31. The molecule has 2 amide bonds. The van der Waals surface area contributed by atoms with Crippen LogP contribution in [0.15, 0.2) is 52.6 Å². The largest absolute Gasteiger partial charge is 0.444 e. The predicted octanol–water partition coefficient (Wildman–Crippen LogP) is 5.11. The molecule has 1 atom stereocenters. The van der Waals surface area contributed by atoms with E-state index in [9.17, 15) is 23.6 Å². The van der Waals surface area contributed by atoms with E-state index in [4.69, 9.17) is 21.4 Å². The molecule has 1 heterocycles. The Hall–Kier alpha value is -4.44. The summed E-state index contributed by atoms with van der Waals surface area (Å²) in [4.78, 5) is 33.3. The maximum absolute atomic E-state index is 13.6. The van der Waals surface area contributed by atoms with Gasteiger partial charge in [-0.2, -0.15) is 19.1 Å². The number of benzene rings is 2. The van der Waals surface area contributed by atoms with Gasteiger partial charge in [0.15, 0.2) is 6.19 Å². The number of ether oxygens (including phenoxy) is 2. The average molecular weight is 618 g/mol. The Morgan fingerprint density at radius 2 is 2.00 bits per heavy atom. The Kier molecular flexibility index (Phi) is 10.9. The van der Waals surface area contributed by atoms with Crippen LogP contribution in [0.3, 0.4) is 0 Å². The third-order valence-electron chi connectivity index (χ3n) is 6.15. The zero-order chi connectivity index (χ0) is 31.9. The maximum atomic E-state index is 13.6. The number of carbonyl (C=O) groups is 2. The number of hydrogen-bond acceptors (Lipinski definition) is 7. The van der Waals surface area contributed by atoms with Gasteiger partial charge in [-0.1, -0.05) is 23.7 Å². The number of carbonyl (C=O) groups excluding carboxylic acids is 2. The molecular formula is C29H34ClF2N7O4. The number of nitrogens with zero attached hydrogens (tertiary/aromatic N) is 6. The molecule has 11 nitrogen and oxygen atoms in total. The van der Waals surface area contributed by atoms with Crippen LogP contribution in [0.4, 0.5) is 19.3 Å². The monoisotopic (exact) mass is 617 g/mol. The Morgan fingerprint density at radius 1 is 1.28 bits per heavy atom. The normalized spacial score (nSPS) is 15.1. The first-order chi connectivity index (χ1) is 20.2. The van der Waals surface area contributed by atoms with Crippen LogP contribution in [-0.4, -0.2) is 83.4 Å². The number of aliphatic imine (C=N–C) groups is 1. The van der Waals surface area contributed by atoms with Crippen molar-refractivity contribution in [3.05, 3.63) is 58.6 Å². The summed E-state index contributed by atoms with van der Waals surface area (Å²) < 4.78 is 35.3. The lowest BCUT2D eigenvalue weighted by atomic mass is 10.0. The molecule has 3 rings (SSSR count). The lowest BCUT2D eigenvalue weighted by molar-refractivity contribution is -0.133. The number of rotatable bonds is 8. The van der Waals surface area contributed by atoms with E-state index in [-0.39, 0.29) is 42.9 Å². The van der Waals surface area contributed by atoms with Crippen LogP contribution in [0.5, 0.6) is 5.75 Å². The molecule has 43 heavy (non-hydrogen) atoms. The van der Waals surface area contributed by atoms with Crippen LogP contribution in [-0.2, 0) is 9.53 Å². The molecule has 0 fully saturated rings. The van der Waals surface area contributed by atoms with Crippen molar-refractivity contribution < 1.29 is 27.8 Å². The van der Waals surface area contributed by atoms with Gasteiger partial charge < -0.3 is 19.3 Å². The van der Waals surface area contributed by atoms with Crippen LogP contribution >= 0.6 is 11.6 Å². The van der Waals surface area contributed by atoms with Crippen molar-refractivity contribution in [1.82, 2.24) is 20.1 Å². The molecule has 0 saturated heterocycles. The van der Waals surface area contributed by atoms with Crippen molar-refractivity contribution in [2.75, 3.05) is 26.7 Å². The maximum Gasteiger partial charge on any atom is 0.410 e. The number of amides is 2. The van der Waals surface area contributed by atoms with E-state index < -0.39 is 24.3 Å². The minimum atomic E-state index is -3.02. The van der Waals surface area contributed by atoms with Crippen molar-refractivity contribution in [2.24, 2.45) is 10.1 Å². The molecule has 14 heteroatoms. The van der Waals surface area contributed by atoms with Gasteiger partial charge in [-0.05, 0) is 64.4 Å². The third kappa shape index (κ3) is 9.02. The smallest absolute Gasteiger partial charge is 0.410 e. The van der Waals surface area contributed by atoms with Gasteiger partial charge in [0.1, 0.15) is 17.9 Å². The topological polar surface area (TPSA) is 123 Å². The second-order valence-corrected chi connectivity index (χ2v) is 11.0. The first kappa shape index (κ1) is 33.1. The number of likely N-dealkylation sites (N-methyl/N-ethyl adjacent to an activating group) is 2. The number of halogens is 3. The fourth-order valence-electron chi connectivity index (χ4n) is 4.24. The first-order valence-electron chi connectivity index (χ1n) is 13.4. The molecule has 2 aromatic rings. The number of nitrogens with one attached hydrogen (secondary N) is 1. The van der Waals surface area contributed by atoms with Crippen molar-refractivity contribution in [1.29, 1.82) is 5.26 Å². The minimum Gasteiger partial charge on any atom is -0.444 e. The number of hydrazone groups is 1. The van der Waals surface area contributed by atoms with Crippen molar-refractivity contribution in [3.8, 4) is 11.9 Å². The number of guanidine groups is 1. The summed E-state index contributed by atoms with van der Waals surface area (Å²) in [5, 5.41) is 18.7. The Labute approximate surface area is 254 Å². The fraction of sp³-hybridized carbons (Fsp3) is 0.414. The Bertz CT molecular complexity index is 1440. The van der Waals surface area contributed by atoms with Crippen LogP contribution in [0.25, 0.3) is 0 Å². The van der Waals surface area contributed by atoms with Gasteiger partial charge in [-0.25, -0.2) is 14.8 Å². The zero-order valence-corrected chi connectivity index (χ0v) is 25.5. The number of nitriles is 1. The number of aryl methyl sites for hydroxylation is 1. The van der Waals surface area contributed by atoms with Crippen molar-refractivity contribution in [2.45, 2.75) is 52.9 Å². The summed E-state index contributed by atoms with van der Waals surface area (Å²) in [5.41, 5.74) is 1.46. The van der Waals surface area contributed by atoms with E-state index in [1.54, 1.807) is 50.8 Å². The quantitative estimate of drug-likeness (QED) is 0.189. The van der Waals surface area contributed by atoms with E-state index >= 15 is 0 Å². The third-order valence-corrected chi connectivity index (χ3v) is 6.57. The van der Waals surface area contributed by atoms with Crippen LogP contribution in [0.1, 0.15) is 38.8 Å². The van der Waals surface area contributed by atoms with Crippen molar-refractivity contribution in [3.63, 3.8) is 0 Å². The molecule has 1 aliphatic rings. The summed E-state index contributed by atoms with van der Waals surface area (Å²) in [6, 6.07) is 10.4. The number of hydrogen-bond donors (Lipinski definition) is 1. The van der Waals surface area contributed by atoms with E-state index in [1.807, 2.05) is 19.2 Å². The SMILES string of the molecule is CCN(C(=O)CN(C)C(=O)OC(C)(C)C)C1CN(C(=Nc2cccc(OC(F)F)c2)NC#N)N=C1c1ccc(Cl)c(C)c1.